The van der Waals surface area contributed by atoms with Gasteiger partial charge in [0.15, 0.2) is 0 Å². The number of hydrogen-bond acceptors (Lipinski definition) is 9. The number of nitrogens with zero attached hydrogens (tertiary/aromatic N) is 9. The Morgan fingerprint density at radius 2 is 0.604 bits per heavy atom. The molecule has 8 heterocycles. The van der Waals surface area contributed by atoms with E-state index < -0.39 is 5.41 Å². The molecule has 149 heavy (non-hydrogen) atoms. The first kappa shape index (κ1) is 99.9. The van der Waals surface area contributed by atoms with Crippen LogP contribution in [0.2, 0.25) is 0 Å². The molecule has 0 fully saturated rings. The van der Waals surface area contributed by atoms with E-state index >= 15 is 0 Å². The fourth-order valence-electron chi connectivity index (χ4n) is 19.9. The molecular weight excluding hydrogens is 2540 g/mol. The SMILES string of the molecule is [Pt+2].[Pt+2].[Pt+2].[Pt+2].[c-]1c(-c2cc3ccccc3cn2)cccc1N(c1[c-]c(-c2cc3ccccc3cn2)ccc1)c1ccccc1.[c-]1c(-c2ccccn2)cccc1-c1cccc2ccc(-c3ccccn3)[c-]c12.[c-]1c(Cc2[c-]c(-c3nccc4ccccc34)ccc2)cccc1-c1nccc2ccccc12.[c-]1ccccc1-c1nc(C2(c3cc4ccccc4c(-c4[c-]cccc4)n3)c3ccccc3-c3ccccc32)cc2ccccc12. The first-order valence-electron chi connectivity index (χ1n) is 48.4. The summed E-state index contributed by atoms with van der Waals surface area (Å²) >= 11 is 0. The maximum atomic E-state index is 5.60. The summed E-state index contributed by atoms with van der Waals surface area (Å²) in [6.45, 7) is 0. The molecule has 1 aliphatic carbocycles. The van der Waals surface area contributed by atoms with Gasteiger partial charge in [-0.2, -0.15) is 0 Å². The number of hydrogen-bond donors (Lipinski definition) is 0. The first-order valence-corrected chi connectivity index (χ1v) is 48.4. The van der Waals surface area contributed by atoms with Crippen molar-refractivity contribution >= 4 is 92.5 Å². The Morgan fingerprint density at radius 1 is 0.221 bits per heavy atom. The normalized spacial score (nSPS) is 11.4. The van der Waals surface area contributed by atoms with Crippen LogP contribution in [-0.2, 0) is 96.1 Å². The Labute approximate surface area is 923 Å². The Kier molecular flexibility index (Phi) is 30.6. The van der Waals surface area contributed by atoms with Crippen molar-refractivity contribution in [2.45, 2.75) is 11.8 Å². The maximum Gasteiger partial charge on any atom is 2.00 e. The van der Waals surface area contributed by atoms with Crippen molar-refractivity contribution in [2.75, 3.05) is 4.90 Å². The predicted octanol–water partition coefficient (Wildman–Crippen LogP) is 32.8. The standard InChI is InChI=1S/C43H26N2.C36H23N3.C31H20N2.C26H16N2.4Pt/c1-3-15-29(16-4-1)41-33-21-9-7-19-31(33)27-39(44-41)43(37-25-13-11-23-35(37)36-24-12-14-26-38(36)43)40-28-32-20-8-10-22-34(32)42(45-40)30-17-5-2-6-18-30;1-2-16-32(17-3-1)39(33-18-8-14-28(20-33)35-22-26-10-4-6-12-30(26)24-37-35)34-19-9-15-29(21-34)36-23-27-11-5-7-13-31(27)25-38-36;1-3-13-28-24(9-1)15-17-32-30(28)26-11-5-7-22(20-26)19-23-8-6-12-27(21-23)31-29-14-4-2-10-25(29)16-18-33-31;1-3-15-27-25(11-1)21-9-5-8-20(17-21)23-10-6-7-19-13-14-22(18-24(19)23)26-12-2-4-16-28-26;;;;/h1-15,17,19-28H;1-19,22-25H;1-18H,19H2;1-16H;;;;/q4*-2;4*+2. The van der Waals surface area contributed by atoms with E-state index in [1.54, 1.807) is 6.20 Å². The Balaban J connectivity index is 0.000000121. The minimum absolute atomic E-state index is 0. The summed E-state index contributed by atoms with van der Waals surface area (Å²) < 4.78 is 0. The van der Waals surface area contributed by atoms with Crippen molar-refractivity contribution in [3.63, 3.8) is 0 Å². The van der Waals surface area contributed by atoms with E-state index in [-0.39, 0.29) is 84.3 Å². The average molecular weight is 2630 g/mol. The largest absolute Gasteiger partial charge is 2.00 e. The second-order valence-corrected chi connectivity index (χ2v) is 35.6. The van der Waals surface area contributed by atoms with Crippen LogP contribution in [0.1, 0.15) is 33.6 Å². The van der Waals surface area contributed by atoms with Gasteiger partial charge in [0, 0.05) is 54.3 Å². The molecule has 0 N–H and O–H groups in total. The molecule has 1 aliphatic rings. The zero-order chi connectivity index (χ0) is 96.6. The van der Waals surface area contributed by atoms with Gasteiger partial charge >= 0.3 is 84.3 Å². The number of fused-ring (bicyclic) bond motifs is 10. The second kappa shape index (κ2) is 45.7. The Morgan fingerprint density at radius 3 is 1.09 bits per heavy atom. The van der Waals surface area contributed by atoms with E-state index in [0.717, 1.165) is 212 Å². The van der Waals surface area contributed by atoms with Crippen LogP contribution in [0.25, 0.3) is 188 Å². The molecule has 0 amide bonds. The molecule has 26 aromatic rings. The van der Waals surface area contributed by atoms with Gasteiger partial charge in [0.2, 0.25) is 0 Å². The molecule has 0 aliphatic heterocycles. The van der Waals surface area contributed by atoms with Crippen LogP contribution in [0.15, 0.2) is 504 Å². The summed E-state index contributed by atoms with van der Waals surface area (Å²) in [4.78, 5) is 41.1. The smallest absolute Gasteiger partial charge is 0.346 e. The molecule has 27 rings (SSSR count). The Hall–Kier alpha value is -16.5. The third kappa shape index (κ3) is 20.7. The molecule has 13 heteroatoms. The van der Waals surface area contributed by atoms with Gasteiger partial charge in [-0.15, -0.1) is 256 Å². The number of para-hydroxylation sites is 1. The van der Waals surface area contributed by atoms with Crippen molar-refractivity contribution in [1.82, 2.24) is 39.9 Å². The Bertz CT molecular complexity index is 8860. The van der Waals surface area contributed by atoms with Crippen LogP contribution >= 0.6 is 0 Å². The molecule has 18 aromatic carbocycles. The van der Waals surface area contributed by atoms with Crippen molar-refractivity contribution in [2.24, 2.45) is 0 Å². The number of benzene rings is 18. The maximum absolute atomic E-state index is 5.60. The molecular formula is C136H85N9Pt4. The van der Waals surface area contributed by atoms with E-state index in [0.29, 0.717) is 0 Å². The van der Waals surface area contributed by atoms with Crippen molar-refractivity contribution in [1.29, 1.82) is 0 Å². The number of anilines is 3. The van der Waals surface area contributed by atoms with E-state index in [2.05, 4.69) is 431 Å². The number of rotatable bonds is 16. The van der Waals surface area contributed by atoms with E-state index in [4.69, 9.17) is 19.9 Å². The van der Waals surface area contributed by atoms with Gasteiger partial charge in [-0.1, -0.05) is 289 Å². The van der Waals surface area contributed by atoms with Gasteiger partial charge in [-0.05, 0) is 187 Å². The summed E-state index contributed by atoms with van der Waals surface area (Å²) in [7, 11) is 0. The van der Waals surface area contributed by atoms with Crippen molar-refractivity contribution < 1.29 is 84.3 Å². The van der Waals surface area contributed by atoms with Crippen LogP contribution in [0.5, 0.6) is 0 Å². The van der Waals surface area contributed by atoms with Crippen molar-refractivity contribution in [3.8, 4) is 112 Å². The molecule has 0 saturated carbocycles. The zero-order valence-electron chi connectivity index (χ0n) is 79.9. The summed E-state index contributed by atoms with van der Waals surface area (Å²) in [6.07, 6.45) is 11.9. The van der Waals surface area contributed by atoms with Crippen molar-refractivity contribution in [3.05, 3.63) is 586 Å². The average Bonchev–Trinajstić information content (AvgIpc) is 1.54. The fourth-order valence-corrected chi connectivity index (χ4v) is 19.9. The molecule has 0 bridgehead atoms. The minimum atomic E-state index is -0.770. The van der Waals surface area contributed by atoms with Gasteiger partial charge in [-0.25, -0.2) is 0 Å². The van der Waals surface area contributed by atoms with E-state index in [9.17, 15) is 0 Å². The molecule has 0 radical (unpaired) electrons. The molecule has 714 valence electrons. The summed E-state index contributed by atoms with van der Waals surface area (Å²) in [5.41, 5.74) is 28.3. The monoisotopic (exact) mass is 2620 g/mol. The third-order valence-electron chi connectivity index (χ3n) is 26.7. The van der Waals surface area contributed by atoms with Crippen LogP contribution in [0.4, 0.5) is 17.1 Å². The first-order chi connectivity index (χ1) is 71.9. The molecule has 8 aromatic heterocycles. The van der Waals surface area contributed by atoms with Gasteiger partial charge in [0.1, 0.15) is 5.41 Å². The van der Waals surface area contributed by atoms with Gasteiger partial charge in [0.25, 0.3) is 0 Å². The predicted molar refractivity (Wildman–Crippen MR) is 592 cm³/mol. The zero-order valence-corrected chi connectivity index (χ0v) is 89.0. The molecule has 0 atom stereocenters. The number of aromatic nitrogens is 8. The topological polar surface area (TPSA) is 106 Å². The van der Waals surface area contributed by atoms with Crippen LogP contribution in [-0.4, -0.2) is 39.9 Å². The van der Waals surface area contributed by atoms with E-state index in [1.807, 2.05) is 140 Å². The van der Waals surface area contributed by atoms with Gasteiger partial charge in [0.05, 0.1) is 11.4 Å². The van der Waals surface area contributed by atoms with Gasteiger partial charge in [-0.3, -0.25) is 19.9 Å². The number of pyridine rings is 8. The molecule has 0 unspecified atom stereocenters. The molecule has 0 saturated heterocycles. The van der Waals surface area contributed by atoms with E-state index in [1.165, 1.54) is 33.0 Å². The van der Waals surface area contributed by atoms with Gasteiger partial charge < -0.3 is 24.8 Å². The summed E-state index contributed by atoms with van der Waals surface area (Å²) in [6, 6.07) is 189. The summed E-state index contributed by atoms with van der Waals surface area (Å²) in [5.74, 6) is 0. The molecule has 9 nitrogen and oxygen atoms in total. The quantitative estimate of drug-likeness (QED) is 0.0874. The second-order valence-electron chi connectivity index (χ2n) is 35.6. The van der Waals surface area contributed by atoms with Crippen LogP contribution in [0.3, 0.4) is 0 Å². The fraction of sp³-hybridized carbons (Fsp3) is 0.0147. The van der Waals surface area contributed by atoms with Crippen LogP contribution < -0.4 is 4.90 Å². The summed E-state index contributed by atoms with van der Waals surface area (Å²) in [5, 5.41) is 15.9. The molecule has 0 spiro atoms. The van der Waals surface area contributed by atoms with Crippen LogP contribution in [0, 0.1) is 48.5 Å². The third-order valence-corrected chi connectivity index (χ3v) is 26.7. The minimum Gasteiger partial charge on any atom is -0.346 e.